The predicted octanol–water partition coefficient (Wildman–Crippen LogP) is 3.76. The molecule has 2 aromatic rings. The van der Waals surface area contributed by atoms with E-state index in [-0.39, 0.29) is 5.91 Å². The fourth-order valence-corrected chi connectivity index (χ4v) is 4.18. The summed E-state index contributed by atoms with van der Waals surface area (Å²) < 4.78 is 2.09. The van der Waals surface area contributed by atoms with E-state index in [1.165, 1.54) is 24.1 Å². The Bertz CT molecular complexity index is 794. The lowest BCUT2D eigenvalue weighted by Gasteiger charge is -2.22. The van der Waals surface area contributed by atoms with Crippen molar-refractivity contribution < 1.29 is 4.79 Å². The van der Waals surface area contributed by atoms with Gasteiger partial charge in [-0.05, 0) is 30.7 Å². The molecule has 1 aromatic carbocycles. The molecule has 28 heavy (non-hydrogen) atoms. The van der Waals surface area contributed by atoms with E-state index >= 15 is 0 Å². The molecule has 0 unspecified atom stereocenters. The van der Waals surface area contributed by atoms with E-state index in [4.69, 9.17) is 0 Å². The molecule has 1 saturated carbocycles. The van der Waals surface area contributed by atoms with Crippen molar-refractivity contribution in [2.75, 3.05) is 26.2 Å². The Balaban J connectivity index is 1.43. The van der Waals surface area contributed by atoms with Crippen LogP contribution in [0.2, 0.25) is 0 Å². The van der Waals surface area contributed by atoms with E-state index in [1.807, 2.05) is 11.1 Å². The van der Waals surface area contributed by atoms with Crippen LogP contribution in [0.25, 0.3) is 0 Å². The molecule has 5 nitrogen and oxygen atoms in total. The molecule has 1 amide bonds. The van der Waals surface area contributed by atoms with Gasteiger partial charge in [-0.2, -0.15) is 5.10 Å². The molecule has 0 N–H and O–H groups in total. The van der Waals surface area contributed by atoms with Gasteiger partial charge in [0.05, 0.1) is 17.5 Å². The Morgan fingerprint density at radius 1 is 1.11 bits per heavy atom. The number of benzene rings is 1. The van der Waals surface area contributed by atoms with Gasteiger partial charge in [0.15, 0.2) is 0 Å². The lowest BCUT2D eigenvalue weighted by atomic mass is 10.1. The Hall–Kier alpha value is -2.14. The molecule has 0 spiro atoms. The second-order valence-electron chi connectivity index (χ2n) is 8.70. The summed E-state index contributed by atoms with van der Waals surface area (Å²) in [5, 5.41) is 4.59. The highest BCUT2D eigenvalue weighted by atomic mass is 16.2. The molecule has 1 aliphatic heterocycles. The Kier molecular flexibility index (Phi) is 5.81. The van der Waals surface area contributed by atoms with Gasteiger partial charge in [-0.3, -0.25) is 14.4 Å². The van der Waals surface area contributed by atoms with Crippen LogP contribution in [0.5, 0.6) is 0 Å². The van der Waals surface area contributed by atoms with Crippen molar-refractivity contribution in [3.8, 4) is 0 Å². The summed E-state index contributed by atoms with van der Waals surface area (Å²) in [7, 11) is 0. The van der Waals surface area contributed by atoms with Gasteiger partial charge in [0, 0.05) is 45.2 Å². The lowest BCUT2D eigenvalue weighted by Crippen LogP contribution is -2.35. The molecule has 150 valence electrons. The SMILES string of the molecule is CC(C)Cn1ncc(C(=O)N2CCCN(Cc3ccccc3)CC2)c1C1CC1. The average Bonchev–Trinajstić information content (AvgIpc) is 3.47. The molecule has 4 rings (SSSR count). The molecule has 1 aromatic heterocycles. The summed E-state index contributed by atoms with van der Waals surface area (Å²) in [4.78, 5) is 17.8. The van der Waals surface area contributed by atoms with E-state index in [1.54, 1.807) is 0 Å². The van der Waals surface area contributed by atoms with Gasteiger partial charge >= 0.3 is 0 Å². The van der Waals surface area contributed by atoms with Crippen LogP contribution >= 0.6 is 0 Å². The summed E-state index contributed by atoms with van der Waals surface area (Å²) >= 11 is 0. The maximum atomic E-state index is 13.3. The smallest absolute Gasteiger partial charge is 0.257 e. The van der Waals surface area contributed by atoms with E-state index in [9.17, 15) is 4.79 Å². The third-order valence-electron chi connectivity index (χ3n) is 5.74. The maximum Gasteiger partial charge on any atom is 0.257 e. The van der Waals surface area contributed by atoms with Gasteiger partial charge in [0.2, 0.25) is 0 Å². The fraction of sp³-hybridized carbons (Fsp3) is 0.565. The van der Waals surface area contributed by atoms with Gasteiger partial charge in [-0.25, -0.2) is 0 Å². The van der Waals surface area contributed by atoms with Crippen LogP contribution in [-0.4, -0.2) is 51.7 Å². The van der Waals surface area contributed by atoms with E-state index in [0.29, 0.717) is 11.8 Å². The number of rotatable bonds is 6. The molecule has 5 heteroatoms. The number of hydrogen-bond acceptors (Lipinski definition) is 3. The molecular weight excluding hydrogens is 348 g/mol. The minimum atomic E-state index is 0.179. The van der Waals surface area contributed by atoms with Crippen LogP contribution in [-0.2, 0) is 13.1 Å². The minimum Gasteiger partial charge on any atom is -0.337 e. The summed E-state index contributed by atoms with van der Waals surface area (Å²) in [6, 6.07) is 10.6. The quantitative estimate of drug-likeness (QED) is 0.766. The molecule has 2 aliphatic rings. The molecule has 2 fully saturated rings. The van der Waals surface area contributed by atoms with Gasteiger partial charge in [-0.1, -0.05) is 44.2 Å². The van der Waals surface area contributed by atoms with Gasteiger partial charge in [0.1, 0.15) is 0 Å². The monoisotopic (exact) mass is 380 g/mol. The molecule has 2 heterocycles. The van der Waals surface area contributed by atoms with Crippen molar-refractivity contribution in [1.82, 2.24) is 19.6 Å². The first-order valence-corrected chi connectivity index (χ1v) is 10.7. The normalized spacial score (nSPS) is 18.5. The summed E-state index contributed by atoms with van der Waals surface area (Å²) in [5.74, 6) is 1.24. The number of carbonyl (C=O) groups excluding carboxylic acids is 1. The number of amides is 1. The minimum absolute atomic E-state index is 0.179. The standard InChI is InChI=1S/C23H32N4O/c1-18(2)16-27-22(20-9-10-20)21(15-24-27)23(28)26-12-6-11-25(13-14-26)17-19-7-4-3-5-8-19/h3-5,7-8,15,18,20H,6,9-14,16-17H2,1-2H3. The topological polar surface area (TPSA) is 41.4 Å². The van der Waals surface area contributed by atoms with E-state index in [0.717, 1.165) is 51.3 Å². The summed E-state index contributed by atoms with van der Waals surface area (Å²) in [6.07, 6.45) is 5.23. The maximum absolute atomic E-state index is 13.3. The number of aromatic nitrogens is 2. The highest BCUT2D eigenvalue weighted by Crippen LogP contribution is 2.42. The summed E-state index contributed by atoms with van der Waals surface area (Å²) in [6.45, 7) is 9.87. The third-order valence-corrected chi connectivity index (χ3v) is 5.74. The number of carbonyl (C=O) groups is 1. The Morgan fingerprint density at radius 3 is 2.61 bits per heavy atom. The first-order valence-electron chi connectivity index (χ1n) is 10.7. The second-order valence-corrected chi connectivity index (χ2v) is 8.70. The Labute approximate surface area is 168 Å². The highest BCUT2D eigenvalue weighted by Gasteiger charge is 2.34. The van der Waals surface area contributed by atoms with Crippen LogP contribution in [0.1, 0.15) is 60.6 Å². The van der Waals surface area contributed by atoms with Crippen LogP contribution in [0.3, 0.4) is 0 Å². The second kappa shape index (κ2) is 8.48. The van der Waals surface area contributed by atoms with E-state index < -0.39 is 0 Å². The van der Waals surface area contributed by atoms with Crippen molar-refractivity contribution in [3.63, 3.8) is 0 Å². The van der Waals surface area contributed by atoms with Crippen molar-refractivity contribution in [2.45, 2.75) is 52.1 Å². The highest BCUT2D eigenvalue weighted by molar-refractivity contribution is 5.95. The first kappa shape index (κ1) is 19.2. The molecular formula is C23H32N4O. The fourth-order valence-electron chi connectivity index (χ4n) is 4.18. The molecule has 0 radical (unpaired) electrons. The molecule has 0 atom stereocenters. The number of nitrogens with zero attached hydrogens (tertiary/aromatic N) is 4. The Morgan fingerprint density at radius 2 is 1.89 bits per heavy atom. The van der Waals surface area contributed by atoms with Crippen molar-refractivity contribution in [2.24, 2.45) is 5.92 Å². The lowest BCUT2D eigenvalue weighted by molar-refractivity contribution is 0.0759. The number of hydrogen-bond donors (Lipinski definition) is 0. The van der Waals surface area contributed by atoms with Gasteiger partial charge in [0.25, 0.3) is 5.91 Å². The predicted molar refractivity (Wildman–Crippen MR) is 111 cm³/mol. The average molecular weight is 381 g/mol. The zero-order valence-electron chi connectivity index (χ0n) is 17.2. The molecule has 1 saturated heterocycles. The van der Waals surface area contributed by atoms with E-state index in [2.05, 4.69) is 58.9 Å². The molecule has 0 bridgehead atoms. The van der Waals surface area contributed by atoms with Crippen LogP contribution in [0, 0.1) is 5.92 Å². The first-order chi connectivity index (χ1) is 13.6. The third kappa shape index (κ3) is 4.46. The van der Waals surface area contributed by atoms with Crippen molar-refractivity contribution in [1.29, 1.82) is 0 Å². The van der Waals surface area contributed by atoms with Crippen LogP contribution < -0.4 is 0 Å². The van der Waals surface area contributed by atoms with Crippen molar-refractivity contribution >= 4 is 5.91 Å². The van der Waals surface area contributed by atoms with Gasteiger partial charge < -0.3 is 4.90 Å². The molecule has 1 aliphatic carbocycles. The van der Waals surface area contributed by atoms with Crippen LogP contribution in [0.4, 0.5) is 0 Å². The summed E-state index contributed by atoms with van der Waals surface area (Å²) in [5.41, 5.74) is 3.37. The zero-order chi connectivity index (χ0) is 19.5. The largest absolute Gasteiger partial charge is 0.337 e. The zero-order valence-corrected chi connectivity index (χ0v) is 17.2. The van der Waals surface area contributed by atoms with Crippen LogP contribution in [0.15, 0.2) is 36.5 Å². The van der Waals surface area contributed by atoms with Gasteiger partial charge in [-0.15, -0.1) is 0 Å². The van der Waals surface area contributed by atoms with Crippen molar-refractivity contribution in [3.05, 3.63) is 53.3 Å².